The van der Waals surface area contributed by atoms with Gasteiger partial charge in [0, 0.05) is 6.54 Å². The first-order valence-corrected chi connectivity index (χ1v) is 6.95. The van der Waals surface area contributed by atoms with Crippen LogP contribution < -0.4 is 15.2 Å². The van der Waals surface area contributed by atoms with Gasteiger partial charge in [-0.25, -0.2) is 0 Å². The van der Waals surface area contributed by atoms with E-state index in [0.29, 0.717) is 35.6 Å². The highest BCUT2D eigenvalue weighted by Crippen LogP contribution is 2.31. The van der Waals surface area contributed by atoms with Gasteiger partial charge in [-0.1, -0.05) is 41.4 Å². The van der Waals surface area contributed by atoms with Crippen molar-refractivity contribution in [3.05, 3.63) is 58.1 Å². The molecule has 0 heterocycles. The normalized spacial score (nSPS) is 10.3. The molecule has 2 N–H and O–H groups in total. The second-order valence-corrected chi connectivity index (χ2v) is 4.89. The summed E-state index contributed by atoms with van der Waals surface area (Å²) in [6.07, 6.45) is 0. The molecule has 0 radical (unpaired) electrons. The van der Waals surface area contributed by atoms with Gasteiger partial charge in [0.15, 0.2) is 0 Å². The lowest BCUT2D eigenvalue weighted by Gasteiger charge is -2.10. The fourth-order valence-electron chi connectivity index (χ4n) is 1.67. The molecule has 0 spiro atoms. The largest absolute Gasteiger partial charge is 0.490 e. The molecule has 0 saturated carbocycles. The van der Waals surface area contributed by atoms with Crippen molar-refractivity contribution in [2.45, 2.75) is 6.54 Å². The molecule has 0 atom stereocenters. The van der Waals surface area contributed by atoms with Crippen LogP contribution in [0.1, 0.15) is 5.56 Å². The first-order chi connectivity index (χ1) is 9.70. The molecule has 2 aromatic carbocycles. The average Bonchev–Trinajstić information content (AvgIpc) is 2.48. The smallest absolute Gasteiger partial charge is 0.139 e. The topological polar surface area (TPSA) is 44.5 Å². The number of ether oxygens (including phenoxy) is 2. The average molecular weight is 312 g/mol. The fourth-order valence-corrected chi connectivity index (χ4v) is 2.02. The Bertz CT molecular complexity index is 576. The Morgan fingerprint density at radius 1 is 0.950 bits per heavy atom. The predicted octanol–water partition coefficient (Wildman–Crippen LogP) is 3.91. The van der Waals surface area contributed by atoms with E-state index in [-0.39, 0.29) is 0 Å². The van der Waals surface area contributed by atoms with Crippen LogP contribution in [-0.4, -0.2) is 13.2 Å². The van der Waals surface area contributed by atoms with Gasteiger partial charge in [0.1, 0.15) is 29.7 Å². The third-order valence-corrected chi connectivity index (χ3v) is 3.46. The molecule has 5 heteroatoms. The second kappa shape index (κ2) is 7.39. The minimum Gasteiger partial charge on any atom is -0.490 e. The van der Waals surface area contributed by atoms with Crippen LogP contribution in [0.4, 0.5) is 0 Å². The molecule has 3 nitrogen and oxygen atoms in total. The minimum atomic E-state index is 0.382. The maximum Gasteiger partial charge on any atom is 0.139 e. The van der Waals surface area contributed by atoms with Gasteiger partial charge in [-0.3, -0.25) is 0 Å². The van der Waals surface area contributed by atoms with Crippen LogP contribution in [0.2, 0.25) is 10.0 Å². The molecule has 0 aliphatic heterocycles. The Hall–Kier alpha value is -1.42. The Kier molecular flexibility index (Phi) is 5.53. The molecule has 2 rings (SSSR count). The van der Waals surface area contributed by atoms with Gasteiger partial charge >= 0.3 is 0 Å². The molecule has 0 fully saturated rings. The van der Waals surface area contributed by atoms with Gasteiger partial charge in [0.25, 0.3) is 0 Å². The monoisotopic (exact) mass is 311 g/mol. The van der Waals surface area contributed by atoms with Crippen LogP contribution in [0.3, 0.4) is 0 Å². The van der Waals surface area contributed by atoms with E-state index in [1.807, 2.05) is 24.3 Å². The minimum absolute atomic E-state index is 0.382. The molecule has 0 bridgehead atoms. The fraction of sp³-hybridized carbons (Fsp3) is 0.200. The number of halogens is 2. The summed E-state index contributed by atoms with van der Waals surface area (Å²) in [5.74, 6) is 1.33. The number of rotatable bonds is 6. The molecule has 0 aromatic heterocycles. The molecule has 2 aromatic rings. The summed E-state index contributed by atoms with van der Waals surface area (Å²) in [5.41, 5.74) is 6.60. The highest BCUT2D eigenvalue weighted by molar-refractivity contribution is 6.42. The zero-order valence-corrected chi connectivity index (χ0v) is 12.3. The molecule has 0 unspecified atom stereocenters. The van der Waals surface area contributed by atoms with E-state index in [1.54, 1.807) is 18.2 Å². The lowest BCUT2D eigenvalue weighted by atomic mass is 10.2. The summed E-state index contributed by atoms with van der Waals surface area (Å²) in [7, 11) is 0. The number of benzene rings is 2. The standard InChI is InChI=1S/C15H15Cl2NO2/c16-13-5-2-6-14(15(13)17)20-8-7-19-12-4-1-3-11(9-12)10-18/h1-6,9H,7-8,10,18H2. The second-order valence-electron chi connectivity index (χ2n) is 4.10. The molecular formula is C15H15Cl2NO2. The lowest BCUT2D eigenvalue weighted by Crippen LogP contribution is -2.09. The van der Waals surface area contributed by atoms with Gasteiger partial charge < -0.3 is 15.2 Å². The summed E-state index contributed by atoms with van der Waals surface area (Å²) in [6, 6.07) is 12.9. The zero-order valence-electron chi connectivity index (χ0n) is 10.8. The van der Waals surface area contributed by atoms with E-state index < -0.39 is 0 Å². The van der Waals surface area contributed by atoms with E-state index in [2.05, 4.69) is 0 Å². The third kappa shape index (κ3) is 4.04. The SMILES string of the molecule is NCc1cccc(OCCOc2cccc(Cl)c2Cl)c1. The van der Waals surface area contributed by atoms with Crippen molar-refractivity contribution in [2.75, 3.05) is 13.2 Å². The molecule has 0 aliphatic carbocycles. The van der Waals surface area contributed by atoms with Crippen molar-refractivity contribution in [1.29, 1.82) is 0 Å². The molecule has 0 aliphatic rings. The van der Waals surface area contributed by atoms with E-state index >= 15 is 0 Å². The summed E-state index contributed by atoms with van der Waals surface area (Å²) < 4.78 is 11.1. The van der Waals surface area contributed by atoms with E-state index in [9.17, 15) is 0 Å². The first kappa shape index (κ1) is 15.0. The van der Waals surface area contributed by atoms with Crippen molar-refractivity contribution in [1.82, 2.24) is 0 Å². The van der Waals surface area contributed by atoms with Crippen LogP contribution in [0.25, 0.3) is 0 Å². The van der Waals surface area contributed by atoms with Gasteiger partial charge in [-0.05, 0) is 29.8 Å². The maximum absolute atomic E-state index is 6.02. The van der Waals surface area contributed by atoms with Gasteiger partial charge in [-0.15, -0.1) is 0 Å². The van der Waals surface area contributed by atoms with Crippen molar-refractivity contribution in [3.8, 4) is 11.5 Å². The van der Waals surface area contributed by atoms with Gasteiger partial charge in [-0.2, -0.15) is 0 Å². The quantitative estimate of drug-likeness (QED) is 0.823. The van der Waals surface area contributed by atoms with E-state index in [0.717, 1.165) is 11.3 Å². The van der Waals surface area contributed by atoms with Crippen molar-refractivity contribution < 1.29 is 9.47 Å². The molecule has 20 heavy (non-hydrogen) atoms. The predicted molar refractivity (Wildman–Crippen MR) is 81.8 cm³/mol. The molecule has 106 valence electrons. The van der Waals surface area contributed by atoms with Crippen LogP contribution in [-0.2, 0) is 6.54 Å². The molecular weight excluding hydrogens is 297 g/mol. The zero-order chi connectivity index (χ0) is 14.4. The highest BCUT2D eigenvalue weighted by atomic mass is 35.5. The van der Waals surface area contributed by atoms with Crippen molar-refractivity contribution in [2.24, 2.45) is 5.73 Å². The maximum atomic E-state index is 6.02. The van der Waals surface area contributed by atoms with Gasteiger partial charge in [0.2, 0.25) is 0 Å². The van der Waals surface area contributed by atoms with E-state index in [1.165, 1.54) is 0 Å². The highest BCUT2D eigenvalue weighted by Gasteiger charge is 2.05. The van der Waals surface area contributed by atoms with Crippen LogP contribution >= 0.6 is 23.2 Å². The van der Waals surface area contributed by atoms with Crippen molar-refractivity contribution in [3.63, 3.8) is 0 Å². The third-order valence-electron chi connectivity index (χ3n) is 2.66. The first-order valence-electron chi connectivity index (χ1n) is 6.19. The van der Waals surface area contributed by atoms with Gasteiger partial charge in [0.05, 0.1) is 5.02 Å². The lowest BCUT2D eigenvalue weighted by molar-refractivity contribution is 0.217. The van der Waals surface area contributed by atoms with E-state index in [4.69, 9.17) is 38.4 Å². The Morgan fingerprint density at radius 2 is 1.70 bits per heavy atom. The Balaban J connectivity index is 1.83. The van der Waals surface area contributed by atoms with Crippen LogP contribution in [0.15, 0.2) is 42.5 Å². The number of hydrogen-bond acceptors (Lipinski definition) is 3. The summed E-state index contributed by atoms with van der Waals surface area (Å²) in [4.78, 5) is 0. The number of nitrogens with two attached hydrogens (primary N) is 1. The van der Waals surface area contributed by atoms with Crippen LogP contribution in [0, 0.1) is 0 Å². The molecule has 0 saturated heterocycles. The summed E-state index contributed by atoms with van der Waals surface area (Å²) >= 11 is 11.9. The summed E-state index contributed by atoms with van der Waals surface area (Å²) in [5, 5.41) is 0.889. The van der Waals surface area contributed by atoms with Crippen LogP contribution in [0.5, 0.6) is 11.5 Å². The number of hydrogen-bond donors (Lipinski definition) is 1. The van der Waals surface area contributed by atoms with Crippen molar-refractivity contribution >= 4 is 23.2 Å². The Labute approximate surface area is 128 Å². The Morgan fingerprint density at radius 3 is 2.50 bits per heavy atom. The molecule has 0 amide bonds. The summed E-state index contributed by atoms with van der Waals surface area (Å²) in [6.45, 7) is 1.29.